The number of piperidine rings is 1. The van der Waals surface area contributed by atoms with Crippen LogP contribution < -0.4 is 5.32 Å². The molecule has 1 N–H and O–H groups in total. The lowest BCUT2D eigenvalue weighted by molar-refractivity contribution is 0.0765. The van der Waals surface area contributed by atoms with Crippen LogP contribution in [0.3, 0.4) is 0 Å². The first kappa shape index (κ1) is 14.2. The number of thioether (sulfide) groups is 1. The lowest BCUT2D eigenvalue weighted by Gasteiger charge is -2.46. The average Bonchev–Trinajstić information content (AvgIpc) is 3.22. The number of nitrogens with zero attached hydrogens (tertiary/aromatic N) is 1. The van der Waals surface area contributed by atoms with Gasteiger partial charge in [0.1, 0.15) is 0 Å². The molecular weight excluding hydrogens is 252 g/mol. The van der Waals surface area contributed by atoms with Gasteiger partial charge in [0.15, 0.2) is 0 Å². The summed E-state index contributed by atoms with van der Waals surface area (Å²) < 4.78 is 0. The zero-order valence-electron chi connectivity index (χ0n) is 12.7. The Morgan fingerprint density at radius 1 is 1.21 bits per heavy atom. The largest absolute Gasteiger partial charge is 0.313 e. The van der Waals surface area contributed by atoms with Crippen LogP contribution in [-0.4, -0.2) is 47.6 Å². The second kappa shape index (κ2) is 5.95. The highest BCUT2D eigenvalue weighted by Gasteiger charge is 2.43. The maximum atomic E-state index is 3.75. The van der Waals surface area contributed by atoms with Crippen LogP contribution in [0, 0.1) is 5.41 Å². The van der Waals surface area contributed by atoms with E-state index >= 15 is 0 Å². The van der Waals surface area contributed by atoms with Gasteiger partial charge >= 0.3 is 0 Å². The Balaban J connectivity index is 1.65. The number of rotatable bonds is 4. The molecule has 3 fully saturated rings. The average molecular weight is 282 g/mol. The van der Waals surface area contributed by atoms with Crippen LogP contribution in [0.4, 0.5) is 0 Å². The summed E-state index contributed by atoms with van der Waals surface area (Å²) in [5.74, 6) is 2.72. The third kappa shape index (κ3) is 3.48. The van der Waals surface area contributed by atoms with E-state index in [-0.39, 0.29) is 0 Å². The fraction of sp³-hybridized carbons (Fsp3) is 1.00. The second-order valence-corrected chi connectivity index (χ2v) is 8.55. The Bertz CT molecular complexity index is 295. The highest BCUT2D eigenvalue weighted by molar-refractivity contribution is 7.99. The monoisotopic (exact) mass is 282 g/mol. The Hall–Kier alpha value is 0.270. The van der Waals surface area contributed by atoms with Gasteiger partial charge in [-0.05, 0) is 49.8 Å². The van der Waals surface area contributed by atoms with Crippen LogP contribution in [0.1, 0.15) is 52.4 Å². The van der Waals surface area contributed by atoms with E-state index in [1.54, 1.807) is 0 Å². The summed E-state index contributed by atoms with van der Waals surface area (Å²) in [5, 5.41) is 3.75. The minimum Gasteiger partial charge on any atom is -0.313 e. The van der Waals surface area contributed by atoms with Gasteiger partial charge in [-0.3, -0.25) is 4.90 Å². The maximum absolute atomic E-state index is 3.75. The summed E-state index contributed by atoms with van der Waals surface area (Å²) in [6.45, 7) is 7.55. The first-order chi connectivity index (χ1) is 9.17. The summed E-state index contributed by atoms with van der Waals surface area (Å²) in [6, 6.07) is 2.48. The standard InChI is InChI=1S/C16H30N2S/c1-16(2)8-10-19-12-15(16)18(14-6-7-14)11-13-5-3-4-9-17-13/h13-15,17H,3-12H2,1-2H3. The first-order valence-corrected chi connectivity index (χ1v) is 9.39. The van der Waals surface area contributed by atoms with Crippen molar-refractivity contribution in [2.45, 2.75) is 70.5 Å². The zero-order valence-corrected chi connectivity index (χ0v) is 13.5. The Morgan fingerprint density at radius 2 is 2.05 bits per heavy atom. The molecule has 3 heteroatoms. The smallest absolute Gasteiger partial charge is 0.0241 e. The molecule has 2 aliphatic heterocycles. The van der Waals surface area contributed by atoms with E-state index in [2.05, 4.69) is 35.8 Å². The second-order valence-electron chi connectivity index (χ2n) is 7.40. The fourth-order valence-electron chi connectivity index (χ4n) is 3.74. The van der Waals surface area contributed by atoms with Gasteiger partial charge in [0.2, 0.25) is 0 Å². The van der Waals surface area contributed by atoms with Crippen molar-refractivity contribution >= 4 is 11.8 Å². The molecule has 0 radical (unpaired) electrons. The molecule has 19 heavy (non-hydrogen) atoms. The molecule has 2 unspecified atom stereocenters. The molecule has 1 saturated carbocycles. The fourth-order valence-corrected chi connectivity index (χ4v) is 5.44. The number of hydrogen-bond acceptors (Lipinski definition) is 3. The molecular formula is C16H30N2S. The molecule has 0 spiro atoms. The molecule has 110 valence electrons. The molecule has 0 aromatic carbocycles. The van der Waals surface area contributed by atoms with Gasteiger partial charge in [-0.25, -0.2) is 0 Å². The summed E-state index contributed by atoms with van der Waals surface area (Å²) >= 11 is 2.18. The van der Waals surface area contributed by atoms with E-state index in [1.165, 1.54) is 63.1 Å². The van der Waals surface area contributed by atoms with Gasteiger partial charge in [0.25, 0.3) is 0 Å². The summed E-state index contributed by atoms with van der Waals surface area (Å²) in [6.07, 6.45) is 8.49. The van der Waals surface area contributed by atoms with Crippen LogP contribution in [0.15, 0.2) is 0 Å². The minimum atomic E-state index is 0.516. The van der Waals surface area contributed by atoms with Crippen LogP contribution in [0.2, 0.25) is 0 Å². The van der Waals surface area contributed by atoms with Gasteiger partial charge in [-0.2, -0.15) is 11.8 Å². The van der Waals surface area contributed by atoms with Crippen molar-refractivity contribution in [1.29, 1.82) is 0 Å². The SMILES string of the molecule is CC1(C)CCSCC1N(CC1CCCCN1)C1CC1. The Morgan fingerprint density at radius 3 is 2.68 bits per heavy atom. The van der Waals surface area contributed by atoms with Crippen molar-refractivity contribution in [1.82, 2.24) is 10.2 Å². The topological polar surface area (TPSA) is 15.3 Å². The molecule has 3 rings (SSSR count). The predicted molar refractivity (Wildman–Crippen MR) is 84.9 cm³/mol. The quantitative estimate of drug-likeness (QED) is 0.853. The molecule has 0 aromatic heterocycles. The van der Waals surface area contributed by atoms with Crippen molar-refractivity contribution in [3.63, 3.8) is 0 Å². The van der Waals surface area contributed by atoms with E-state index in [0.717, 1.165) is 18.1 Å². The lowest BCUT2D eigenvalue weighted by atomic mass is 9.81. The summed E-state index contributed by atoms with van der Waals surface area (Å²) in [7, 11) is 0. The van der Waals surface area contributed by atoms with E-state index in [4.69, 9.17) is 0 Å². The molecule has 2 nitrogen and oxygen atoms in total. The molecule has 2 atom stereocenters. The van der Waals surface area contributed by atoms with Crippen molar-refractivity contribution in [2.24, 2.45) is 5.41 Å². The van der Waals surface area contributed by atoms with E-state index in [1.807, 2.05) is 0 Å². The molecule has 2 saturated heterocycles. The van der Waals surface area contributed by atoms with Gasteiger partial charge in [-0.1, -0.05) is 20.3 Å². The van der Waals surface area contributed by atoms with Crippen molar-refractivity contribution < 1.29 is 0 Å². The van der Waals surface area contributed by atoms with E-state index in [9.17, 15) is 0 Å². The van der Waals surface area contributed by atoms with Crippen LogP contribution >= 0.6 is 11.8 Å². The molecule has 3 aliphatic rings. The lowest BCUT2D eigenvalue weighted by Crippen LogP contribution is -2.55. The van der Waals surface area contributed by atoms with E-state index in [0.29, 0.717) is 5.41 Å². The van der Waals surface area contributed by atoms with Crippen LogP contribution in [0.5, 0.6) is 0 Å². The molecule has 1 aliphatic carbocycles. The maximum Gasteiger partial charge on any atom is 0.0241 e. The summed E-state index contributed by atoms with van der Waals surface area (Å²) in [4.78, 5) is 2.90. The Labute approximate surface area is 123 Å². The summed E-state index contributed by atoms with van der Waals surface area (Å²) in [5.41, 5.74) is 0.516. The molecule has 0 amide bonds. The van der Waals surface area contributed by atoms with Crippen molar-refractivity contribution in [3.8, 4) is 0 Å². The third-order valence-electron chi connectivity index (χ3n) is 5.33. The Kier molecular flexibility index (Phi) is 4.45. The van der Waals surface area contributed by atoms with Crippen molar-refractivity contribution in [3.05, 3.63) is 0 Å². The van der Waals surface area contributed by atoms with Gasteiger partial charge in [0.05, 0.1) is 0 Å². The number of hydrogen-bond donors (Lipinski definition) is 1. The van der Waals surface area contributed by atoms with Crippen LogP contribution in [0.25, 0.3) is 0 Å². The zero-order chi connectivity index (χ0) is 13.3. The predicted octanol–water partition coefficient (Wildman–Crippen LogP) is 3.12. The third-order valence-corrected chi connectivity index (χ3v) is 6.37. The van der Waals surface area contributed by atoms with Crippen molar-refractivity contribution in [2.75, 3.05) is 24.6 Å². The van der Waals surface area contributed by atoms with Gasteiger partial charge in [-0.15, -0.1) is 0 Å². The molecule has 2 heterocycles. The molecule has 0 bridgehead atoms. The highest BCUT2D eigenvalue weighted by Crippen LogP contribution is 2.41. The normalized spacial score (nSPS) is 35.5. The minimum absolute atomic E-state index is 0.516. The van der Waals surface area contributed by atoms with Gasteiger partial charge < -0.3 is 5.32 Å². The van der Waals surface area contributed by atoms with Crippen LogP contribution in [-0.2, 0) is 0 Å². The first-order valence-electron chi connectivity index (χ1n) is 8.24. The van der Waals surface area contributed by atoms with Gasteiger partial charge in [0, 0.05) is 30.4 Å². The van der Waals surface area contributed by atoms with E-state index < -0.39 is 0 Å². The highest BCUT2D eigenvalue weighted by atomic mass is 32.2. The number of nitrogens with one attached hydrogen (secondary N) is 1. The molecule has 0 aromatic rings.